The van der Waals surface area contributed by atoms with Crippen molar-refractivity contribution in [2.45, 2.75) is 32.9 Å². The van der Waals surface area contributed by atoms with Crippen molar-refractivity contribution in [3.8, 4) is 11.3 Å². The van der Waals surface area contributed by atoms with Gasteiger partial charge in [-0.05, 0) is 43.7 Å². The van der Waals surface area contributed by atoms with Crippen molar-refractivity contribution in [1.29, 1.82) is 0 Å². The third-order valence-electron chi connectivity index (χ3n) is 4.25. The maximum Gasteiger partial charge on any atom is 0.341 e. The van der Waals surface area contributed by atoms with Crippen LogP contribution in [0.2, 0.25) is 0 Å². The van der Waals surface area contributed by atoms with E-state index in [1.807, 2.05) is 0 Å². The van der Waals surface area contributed by atoms with Gasteiger partial charge in [-0.1, -0.05) is 12.1 Å². The Hall–Kier alpha value is -3.79. The molecule has 0 fully saturated rings. The van der Waals surface area contributed by atoms with Crippen molar-refractivity contribution in [2.24, 2.45) is 5.73 Å². The molecule has 1 heterocycles. The number of nitrogens with two attached hydrogens (primary N) is 1. The molecule has 0 unspecified atom stereocenters. The predicted molar refractivity (Wildman–Crippen MR) is 109 cm³/mol. The molecule has 2 rings (SSSR count). The maximum atomic E-state index is 12.7. The molecule has 5 N–H and O–H groups in total. The number of amides is 3. The van der Waals surface area contributed by atoms with Gasteiger partial charge in [0.05, 0.1) is 11.7 Å². The number of carboxylic acid groups (broad SMARTS) is 1. The molecule has 10 nitrogen and oxygen atoms in total. The number of carbonyl (C=O) groups is 4. The summed E-state index contributed by atoms with van der Waals surface area (Å²) in [6, 6.07) is 6.98. The number of aromatic amines is 1. The van der Waals surface area contributed by atoms with Crippen molar-refractivity contribution in [3.63, 3.8) is 0 Å². The summed E-state index contributed by atoms with van der Waals surface area (Å²) in [6.07, 6.45) is 0. The molecule has 0 aliphatic carbocycles. The van der Waals surface area contributed by atoms with E-state index >= 15 is 0 Å². The largest absolute Gasteiger partial charge is 0.477 e. The van der Waals surface area contributed by atoms with E-state index in [1.165, 1.54) is 45.0 Å². The van der Waals surface area contributed by atoms with Gasteiger partial charge in [-0.25, -0.2) is 9.69 Å². The van der Waals surface area contributed by atoms with Crippen molar-refractivity contribution >= 4 is 29.4 Å². The minimum absolute atomic E-state index is 0.266. The fourth-order valence-electron chi connectivity index (χ4n) is 2.66. The highest BCUT2D eigenvalue weighted by molar-refractivity contribution is 6.16. The third-order valence-corrected chi connectivity index (χ3v) is 4.25. The minimum atomic E-state index is -1.33. The van der Waals surface area contributed by atoms with Crippen LogP contribution in [0, 0.1) is 0 Å². The van der Waals surface area contributed by atoms with Gasteiger partial charge in [0.25, 0.3) is 11.5 Å². The lowest BCUT2D eigenvalue weighted by molar-refractivity contribution is -0.130. The van der Waals surface area contributed by atoms with E-state index in [0.29, 0.717) is 11.3 Å². The molecule has 30 heavy (non-hydrogen) atoms. The lowest BCUT2D eigenvalue weighted by Gasteiger charge is -2.24. The Bertz CT molecular complexity index is 1040. The molecule has 0 bridgehead atoms. The van der Waals surface area contributed by atoms with E-state index in [2.05, 4.69) is 10.3 Å². The first kappa shape index (κ1) is 22.5. The van der Waals surface area contributed by atoms with Crippen LogP contribution in [0.15, 0.2) is 41.2 Å². The highest BCUT2D eigenvalue weighted by atomic mass is 16.4. The number of benzene rings is 1. The number of nitrogens with one attached hydrogen (secondary N) is 2. The number of imide groups is 1. The summed E-state index contributed by atoms with van der Waals surface area (Å²) in [5.74, 6) is -3.04. The first-order valence-corrected chi connectivity index (χ1v) is 9.00. The minimum Gasteiger partial charge on any atom is -0.477 e. The Labute approximate surface area is 171 Å². The first-order chi connectivity index (χ1) is 14.0. The number of pyridine rings is 1. The van der Waals surface area contributed by atoms with Gasteiger partial charge in [-0.2, -0.15) is 0 Å². The maximum absolute atomic E-state index is 12.7. The van der Waals surface area contributed by atoms with E-state index in [0.717, 1.165) is 4.90 Å². The zero-order valence-electron chi connectivity index (χ0n) is 16.6. The number of hydrogen-bond donors (Lipinski definition) is 4. The van der Waals surface area contributed by atoms with E-state index < -0.39 is 41.3 Å². The lowest BCUT2D eigenvalue weighted by Crippen LogP contribution is -2.51. The molecule has 0 aliphatic rings. The zero-order valence-corrected chi connectivity index (χ0v) is 16.6. The average molecular weight is 414 g/mol. The topological polar surface area (TPSA) is 163 Å². The van der Waals surface area contributed by atoms with Crippen LogP contribution in [0.4, 0.5) is 5.69 Å². The highest BCUT2D eigenvalue weighted by Gasteiger charge is 2.27. The van der Waals surface area contributed by atoms with Crippen LogP contribution in [-0.2, 0) is 14.4 Å². The number of H-pyrrole nitrogens is 1. The average Bonchev–Trinajstić information content (AvgIpc) is 2.67. The highest BCUT2D eigenvalue weighted by Crippen LogP contribution is 2.22. The summed E-state index contributed by atoms with van der Waals surface area (Å²) in [5.41, 5.74) is 5.53. The van der Waals surface area contributed by atoms with Gasteiger partial charge in [-0.3, -0.25) is 19.2 Å². The Kier molecular flexibility index (Phi) is 6.85. The first-order valence-electron chi connectivity index (χ1n) is 9.00. The van der Waals surface area contributed by atoms with Crippen molar-refractivity contribution in [2.75, 3.05) is 4.90 Å². The number of carboxylic acids is 1. The second kappa shape index (κ2) is 9.14. The molecule has 0 aliphatic heterocycles. The number of hydrogen-bond acceptors (Lipinski definition) is 6. The molecule has 158 valence electrons. The molecular formula is C20H22N4O6. The molecule has 3 amide bonds. The molecule has 0 spiro atoms. The smallest absolute Gasteiger partial charge is 0.341 e. The quantitative estimate of drug-likeness (QED) is 0.534. The molecule has 10 heteroatoms. The lowest BCUT2D eigenvalue weighted by atomic mass is 10.1. The summed E-state index contributed by atoms with van der Waals surface area (Å²) in [5, 5.41) is 11.4. The normalized spacial score (nSPS) is 12.5. The van der Waals surface area contributed by atoms with Crippen LogP contribution in [0.1, 0.15) is 31.1 Å². The summed E-state index contributed by atoms with van der Waals surface area (Å²) in [7, 11) is 0. The van der Waals surface area contributed by atoms with Crippen LogP contribution in [-0.4, -0.2) is 45.9 Å². The van der Waals surface area contributed by atoms with Crippen LogP contribution in [0.3, 0.4) is 0 Å². The van der Waals surface area contributed by atoms with Gasteiger partial charge in [0.1, 0.15) is 11.6 Å². The Balaban J connectivity index is 2.29. The second-order valence-electron chi connectivity index (χ2n) is 6.68. The monoisotopic (exact) mass is 414 g/mol. The van der Waals surface area contributed by atoms with Gasteiger partial charge in [-0.15, -0.1) is 0 Å². The summed E-state index contributed by atoms with van der Waals surface area (Å²) < 4.78 is 0. The second-order valence-corrected chi connectivity index (χ2v) is 6.68. The predicted octanol–water partition coefficient (Wildman–Crippen LogP) is 0.472. The van der Waals surface area contributed by atoms with E-state index in [1.54, 1.807) is 12.1 Å². The molecule has 0 saturated heterocycles. The summed E-state index contributed by atoms with van der Waals surface area (Å²) >= 11 is 0. The van der Waals surface area contributed by atoms with Gasteiger partial charge in [0, 0.05) is 12.6 Å². The molecular weight excluding hydrogens is 392 g/mol. The molecule has 2 aromatic rings. The standard InChI is InChI=1S/C20H22N4O6/c1-10(21)17(26)22-11(2)19(28)24(12(3)25)14-6-4-13(5-7-14)16-9-8-15(20(29)30)18(27)23-16/h4-11H,21H2,1-3H3,(H,22,26)(H,23,27)(H,29,30)/t10-,11-/m0/s1. The number of rotatable bonds is 6. The number of anilines is 1. The van der Waals surface area contributed by atoms with Crippen LogP contribution >= 0.6 is 0 Å². The molecule has 0 saturated carbocycles. The van der Waals surface area contributed by atoms with Gasteiger partial charge < -0.3 is 21.1 Å². The van der Waals surface area contributed by atoms with Crippen LogP contribution in [0.25, 0.3) is 11.3 Å². The van der Waals surface area contributed by atoms with E-state index in [4.69, 9.17) is 10.8 Å². The number of nitrogens with zero attached hydrogens (tertiary/aromatic N) is 1. The van der Waals surface area contributed by atoms with Crippen molar-refractivity contribution < 1.29 is 24.3 Å². The van der Waals surface area contributed by atoms with Crippen molar-refractivity contribution in [3.05, 3.63) is 52.3 Å². The van der Waals surface area contributed by atoms with Crippen LogP contribution in [0.5, 0.6) is 0 Å². The molecule has 1 aromatic carbocycles. The molecule has 0 radical (unpaired) electrons. The van der Waals surface area contributed by atoms with Crippen molar-refractivity contribution in [1.82, 2.24) is 10.3 Å². The number of aromatic carboxylic acids is 1. The fourth-order valence-corrected chi connectivity index (χ4v) is 2.66. The summed E-state index contributed by atoms with van der Waals surface area (Å²) in [4.78, 5) is 62.7. The van der Waals surface area contributed by atoms with E-state index in [-0.39, 0.29) is 11.3 Å². The Morgan fingerprint density at radius 2 is 1.67 bits per heavy atom. The Morgan fingerprint density at radius 3 is 2.13 bits per heavy atom. The van der Waals surface area contributed by atoms with E-state index in [9.17, 15) is 24.0 Å². The molecule has 1 aromatic heterocycles. The number of carbonyl (C=O) groups excluding carboxylic acids is 3. The zero-order chi connectivity index (χ0) is 22.6. The van der Waals surface area contributed by atoms with Gasteiger partial charge >= 0.3 is 5.97 Å². The molecule has 2 atom stereocenters. The summed E-state index contributed by atoms with van der Waals surface area (Å²) in [6.45, 7) is 4.14. The van der Waals surface area contributed by atoms with Crippen LogP contribution < -0.4 is 21.5 Å². The third kappa shape index (κ3) is 4.97. The fraction of sp³-hybridized carbons (Fsp3) is 0.250. The van der Waals surface area contributed by atoms with Gasteiger partial charge in [0.15, 0.2) is 0 Å². The number of aromatic nitrogens is 1. The SMILES string of the molecule is CC(=O)N(C(=O)[C@H](C)NC(=O)[C@H](C)N)c1ccc(-c2ccc(C(=O)O)c(=O)[nH]2)cc1. The van der Waals surface area contributed by atoms with Gasteiger partial charge in [0.2, 0.25) is 11.8 Å². The Morgan fingerprint density at radius 1 is 1.07 bits per heavy atom.